The summed E-state index contributed by atoms with van der Waals surface area (Å²) in [6, 6.07) is 3.63. The number of nitrogens with zero attached hydrogens (tertiary/aromatic N) is 1. The Bertz CT molecular complexity index is 538. The minimum atomic E-state index is -0.758. The molecule has 0 amide bonds. The summed E-state index contributed by atoms with van der Waals surface area (Å²) in [6.07, 6.45) is 7.77. The first-order valence-electron chi connectivity index (χ1n) is 9.65. The Hall–Kier alpha value is -1.50. The van der Waals surface area contributed by atoms with Crippen LogP contribution in [0.25, 0.3) is 0 Å². The third kappa shape index (κ3) is 6.34. The highest BCUT2D eigenvalue weighted by Crippen LogP contribution is 2.40. The van der Waals surface area contributed by atoms with Gasteiger partial charge in [-0.15, -0.1) is 0 Å². The van der Waals surface area contributed by atoms with Crippen molar-refractivity contribution >= 4 is 5.97 Å². The molecule has 0 spiro atoms. The lowest BCUT2D eigenvalue weighted by atomic mass is 9.84. The summed E-state index contributed by atoms with van der Waals surface area (Å²) >= 11 is 0. The fourth-order valence-corrected chi connectivity index (χ4v) is 4.08. The van der Waals surface area contributed by atoms with Gasteiger partial charge in [-0.1, -0.05) is 25.3 Å². The van der Waals surface area contributed by atoms with Gasteiger partial charge in [-0.3, -0.25) is 9.78 Å². The third-order valence-corrected chi connectivity index (χ3v) is 5.54. The molecule has 146 valence electrons. The van der Waals surface area contributed by atoms with Crippen molar-refractivity contribution in [2.24, 2.45) is 11.8 Å². The molecule has 1 heterocycles. The molecule has 1 aliphatic rings. The highest BCUT2D eigenvalue weighted by molar-refractivity contribution is 5.66. The molecular weight excluding hydrogens is 334 g/mol. The third-order valence-electron chi connectivity index (χ3n) is 5.54. The quantitative estimate of drug-likeness (QED) is 0.449. The van der Waals surface area contributed by atoms with E-state index in [-0.39, 0.29) is 18.3 Å². The molecule has 2 unspecified atom stereocenters. The summed E-state index contributed by atoms with van der Waals surface area (Å²) in [5, 5.41) is 39.5. The first-order chi connectivity index (χ1) is 12.5. The molecule has 0 aromatic carbocycles. The smallest absolute Gasteiger partial charge is 0.303 e. The molecule has 0 saturated heterocycles. The number of carbonyl (C=O) groups is 1. The maximum absolute atomic E-state index is 10.5. The van der Waals surface area contributed by atoms with E-state index in [0.717, 1.165) is 31.2 Å². The second kappa shape index (κ2) is 10.6. The predicted molar refractivity (Wildman–Crippen MR) is 97.4 cm³/mol. The van der Waals surface area contributed by atoms with Gasteiger partial charge in [-0.2, -0.15) is 0 Å². The Balaban J connectivity index is 1.76. The van der Waals surface area contributed by atoms with Gasteiger partial charge in [-0.25, -0.2) is 0 Å². The van der Waals surface area contributed by atoms with Gasteiger partial charge in [0.25, 0.3) is 0 Å². The number of hydrogen-bond acceptors (Lipinski definition) is 5. The molecule has 1 aliphatic carbocycles. The number of hydrogen-bond donors (Lipinski definition) is 4. The van der Waals surface area contributed by atoms with Crippen LogP contribution in [0.4, 0.5) is 0 Å². The second-order valence-electron chi connectivity index (χ2n) is 7.42. The molecule has 1 saturated carbocycles. The van der Waals surface area contributed by atoms with Crippen LogP contribution >= 0.6 is 0 Å². The van der Waals surface area contributed by atoms with E-state index in [9.17, 15) is 20.1 Å². The van der Waals surface area contributed by atoms with Gasteiger partial charge in [0.15, 0.2) is 0 Å². The molecule has 26 heavy (non-hydrogen) atoms. The summed E-state index contributed by atoms with van der Waals surface area (Å²) in [4.78, 5) is 14.5. The van der Waals surface area contributed by atoms with Crippen LogP contribution in [-0.4, -0.2) is 43.6 Å². The average molecular weight is 365 g/mol. The maximum atomic E-state index is 10.5. The topological polar surface area (TPSA) is 111 Å². The molecule has 0 radical (unpaired) electrons. The molecular formula is C20H31NO5. The summed E-state index contributed by atoms with van der Waals surface area (Å²) < 4.78 is 0. The number of pyridine rings is 1. The lowest BCUT2D eigenvalue weighted by Crippen LogP contribution is -2.23. The van der Waals surface area contributed by atoms with Gasteiger partial charge >= 0.3 is 5.97 Å². The molecule has 6 heteroatoms. The zero-order valence-corrected chi connectivity index (χ0v) is 15.2. The highest BCUT2D eigenvalue weighted by atomic mass is 16.4. The van der Waals surface area contributed by atoms with Gasteiger partial charge in [-0.05, 0) is 55.6 Å². The monoisotopic (exact) mass is 365 g/mol. The zero-order valence-electron chi connectivity index (χ0n) is 15.2. The maximum Gasteiger partial charge on any atom is 0.303 e. The van der Waals surface area contributed by atoms with E-state index in [1.807, 2.05) is 6.07 Å². The molecule has 1 aromatic heterocycles. The van der Waals surface area contributed by atoms with Crippen LogP contribution in [0.1, 0.15) is 69.5 Å². The first kappa shape index (κ1) is 20.8. The van der Waals surface area contributed by atoms with Crippen molar-refractivity contribution in [3.8, 4) is 0 Å². The Morgan fingerprint density at radius 3 is 2.46 bits per heavy atom. The van der Waals surface area contributed by atoms with Gasteiger partial charge in [0.05, 0.1) is 18.3 Å². The number of aliphatic hydroxyl groups excluding tert-OH is 3. The number of carboxylic acids is 1. The summed E-state index contributed by atoms with van der Waals surface area (Å²) in [5.74, 6) is -0.715. The fourth-order valence-electron chi connectivity index (χ4n) is 4.08. The lowest BCUT2D eigenvalue weighted by Gasteiger charge is -2.24. The molecule has 2 rings (SSSR count). The van der Waals surface area contributed by atoms with E-state index in [0.29, 0.717) is 25.7 Å². The van der Waals surface area contributed by atoms with Crippen LogP contribution in [0.15, 0.2) is 24.5 Å². The van der Waals surface area contributed by atoms with Gasteiger partial charge in [0, 0.05) is 18.8 Å². The van der Waals surface area contributed by atoms with E-state index in [1.54, 1.807) is 18.5 Å². The predicted octanol–water partition coefficient (Wildman–Crippen LogP) is 2.68. The van der Waals surface area contributed by atoms with Gasteiger partial charge in [0.1, 0.15) is 0 Å². The van der Waals surface area contributed by atoms with Crippen LogP contribution < -0.4 is 0 Å². The number of rotatable bonds is 11. The Kier molecular flexibility index (Phi) is 8.48. The number of unbranched alkanes of at least 4 members (excludes halogenated alkanes) is 3. The van der Waals surface area contributed by atoms with Crippen molar-refractivity contribution in [1.29, 1.82) is 0 Å². The molecule has 5 atom stereocenters. The zero-order chi connectivity index (χ0) is 18.9. The van der Waals surface area contributed by atoms with Crippen LogP contribution in [0.3, 0.4) is 0 Å². The van der Waals surface area contributed by atoms with E-state index in [1.165, 1.54) is 0 Å². The Morgan fingerprint density at radius 2 is 1.81 bits per heavy atom. The van der Waals surface area contributed by atoms with Crippen LogP contribution in [0, 0.1) is 11.8 Å². The van der Waals surface area contributed by atoms with Crippen molar-refractivity contribution in [2.45, 2.75) is 76.1 Å². The highest BCUT2D eigenvalue weighted by Gasteiger charge is 2.40. The average Bonchev–Trinajstić information content (AvgIpc) is 2.89. The molecule has 1 aromatic rings. The number of aromatic nitrogens is 1. The van der Waals surface area contributed by atoms with Crippen LogP contribution in [-0.2, 0) is 4.79 Å². The molecule has 4 N–H and O–H groups in total. The molecule has 0 bridgehead atoms. The second-order valence-corrected chi connectivity index (χ2v) is 7.42. The van der Waals surface area contributed by atoms with Crippen LogP contribution in [0.2, 0.25) is 0 Å². The van der Waals surface area contributed by atoms with E-state index < -0.39 is 24.3 Å². The summed E-state index contributed by atoms with van der Waals surface area (Å²) in [6.45, 7) is 0. The van der Waals surface area contributed by atoms with Crippen molar-refractivity contribution in [2.75, 3.05) is 0 Å². The molecule has 1 fully saturated rings. The number of carboxylic acid groups (broad SMARTS) is 1. The van der Waals surface area contributed by atoms with Crippen molar-refractivity contribution in [3.05, 3.63) is 30.1 Å². The minimum absolute atomic E-state index is 0.00431. The molecule has 0 aliphatic heterocycles. The largest absolute Gasteiger partial charge is 0.481 e. The first-order valence-corrected chi connectivity index (χ1v) is 9.65. The fraction of sp³-hybridized carbons (Fsp3) is 0.700. The minimum Gasteiger partial charge on any atom is -0.481 e. The van der Waals surface area contributed by atoms with Crippen LogP contribution in [0.5, 0.6) is 0 Å². The van der Waals surface area contributed by atoms with E-state index in [2.05, 4.69) is 4.98 Å². The Morgan fingerprint density at radius 1 is 1.12 bits per heavy atom. The van der Waals surface area contributed by atoms with E-state index in [4.69, 9.17) is 5.11 Å². The summed E-state index contributed by atoms with van der Waals surface area (Å²) in [7, 11) is 0. The van der Waals surface area contributed by atoms with Gasteiger partial charge in [0.2, 0.25) is 0 Å². The SMILES string of the molecule is O=C(O)CCCCCCC1[C@@H](CCC(O)c2cccnc2)[C@H](O)C[C@@H]1O. The van der Waals surface area contributed by atoms with Crippen molar-refractivity contribution < 1.29 is 25.2 Å². The standard InChI is InChI=1S/C20H31NO5/c22-17(14-6-5-11-21-13-14)10-9-16-15(18(23)12-19(16)24)7-3-1-2-4-8-20(25)26/h5-6,11,13,15-19,22-24H,1-4,7-10,12H2,(H,25,26)/t15?,16-,17?,18+,19-/m1/s1. The van der Waals surface area contributed by atoms with E-state index >= 15 is 0 Å². The summed E-state index contributed by atoms with van der Waals surface area (Å²) in [5.41, 5.74) is 0.774. The van der Waals surface area contributed by atoms with Gasteiger partial charge < -0.3 is 20.4 Å². The number of aliphatic carboxylic acids is 1. The van der Waals surface area contributed by atoms with Crippen molar-refractivity contribution in [1.82, 2.24) is 4.98 Å². The lowest BCUT2D eigenvalue weighted by molar-refractivity contribution is -0.137. The normalized spacial score (nSPS) is 26.7. The Labute approximate surface area is 154 Å². The number of aliphatic hydroxyl groups is 3. The molecule has 6 nitrogen and oxygen atoms in total. The van der Waals surface area contributed by atoms with Crippen molar-refractivity contribution in [3.63, 3.8) is 0 Å².